The van der Waals surface area contributed by atoms with Crippen LogP contribution in [-0.2, 0) is 16.1 Å². The third kappa shape index (κ3) is 10.2. The Bertz CT molecular complexity index is 1430. The highest BCUT2D eigenvalue weighted by atomic mass is 19.4. The fraction of sp³-hybridized carbons (Fsp3) is 0.344. The molecule has 0 spiro atoms. The number of carboxylic acids is 2. The number of benzene rings is 3. The third-order valence-electron chi connectivity index (χ3n) is 6.86. The predicted molar refractivity (Wildman–Crippen MR) is 158 cm³/mol. The van der Waals surface area contributed by atoms with Crippen LogP contribution in [0.15, 0.2) is 60.7 Å². The van der Waals surface area contributed by atoms with Crippen molar-refractivity contribution < 1.29 is 51.6 Å². The Morgan fingerprint density at radius 3 is 1.84 bits per heavy atom. The molecule has 9 nitrogen and oxygen atoms in total. The summed E-state index contributed by atoms with van der Waals surface area (Å²) in [5.74, 6) is -2.81. The lowest BCUT2D eigenvalue weighted by molar-refractivity contribution is -0.192. The second-order valence-electron chi connectivity index (χ2n) is 10.1. The number of hydrogen-bond donors (Lipinski definition) is 3. The summed E-state index contributed by atoms with van der Waals surface area (Å²) in [6.07, 6.45) is -3.63. The zero-order valence-corrected chi connectivity index (χ0v) is 24.7. The fourth-order valence-electron chi connectivity index (χ4n) is 4.73. The zero-order valence-electron chi connectivity index (χ0n) is 24.7. The van der Waals surface area contributed by atoms with Crippen LogP contribution in [0.4, 0.5) is 23.2 Å². The van der Waals surface area contributed by atoms with E-state index < -0.39 is 18.1 Å². The first-order valence-corrected chi connectivity index (χ1v) is 14.2. The average Bonchev–Trinajstić information content (AvgIpc) is 2.99. The maximum atomic E-state index is 13.5. The minimum Gasteiger partial charge on any atom is -0.493 e. The van der Waals surface area contributed by atoms with Crippen LogP contribution >= 0.6 is 0 Å². The SMILES string of the molecule is CCOc1cc(CN2CCC(C(=O)Nc3ccc(C(=O)O)cc3)CC2)cc(OCC)c1-c1ccc(F)cc1.O=C(O)C(F)(F)F. The normalized spacial score (nSPS) is 13.7. The number of anilines is 1. The topological polar surface area (TPSA) is 125 Å². The van der Waals surface area contributed by atoms with Gasteiger partial charge in [-0.15, -0.1) is 0 Å². The molecule has 0 bridgehead atoms. The number of piperidine rings is 1. The molecule has 0 aromatic heterocycles. The highest BCUT2D eigenvalue weighted by Gasteiger charge is 2.38. The quantitative estimate of drug-likeness (QED) is 0.217. The van der Waals surface area contributed by atoms with E-state index in [0.717, 1.165) is 42.6 Å². The Labute approximate surface area is 257 Å². The number of aliphatic carboxylic acids is 1. The summed E-state index contributed by atoms with van der Waals surface area (Å²) in [6.45, 7) is 7.06. The summed E-state index contributed by atoms with van der Waals surface area (Å²) >= 11 is 0. The Kier molecular flexibility index (Phi) is 12.3. The molecule has 0 atom stereocenters. The number of hydrogen-bond acceptors (Lipinski definition) is 6. The molecular weight excluding hydrogens is 600 g/mol. The van der Waals surface area contributed by atoms with Crippen LogP contribution in [0.1, 0.15) is 42.6 Å². The van der Waals surface area contributed by atoms with Crippen molar-refractivity contribution in [3.8, 4) is 22.6 Å². The number of nitrogens with one attached hydrogen (secondary N) is 1. The van der Waals surface area contributed by atoms with E-state index in [9.17, 15) is 27.2 Å². The average molecular weight is 635 g/mol. The lowest BCUT2D eigenvalue weighted by atomic mass is 9.95. The van der Waals surface area contributed by atoms with Crippen molar-refractivity contribution >= 4 is 23.5 Å². The summed E-state index contributed by atoms with van der Waals surface area (Å²) in [6, 6.07) is 16.5. The lowest BCUT2D eigenvalue weighted by Gasteiger charge is -2.31. The molecule has 242 valence electrons. The Morgan fingerprint density at radius 1 is 0.889 bits per heavy atom. The molecule has 0 radical (unpaired) electrons. The second-order valence-corrected chi connectivity index (χ2v) is 10.1. The zero-order chi connectivity index (χ0) is 33.1. The molecule has 0 unspecified atom stereocenters. The number of amides is 1. The first-order valence-electron chi connectivity index (χ1n) is 14.2. The van der Waals surface area contributed by atoms with Gasteiger partial charge in [-0.3, -0.25) is 9.69 Å². The van der Waals surface area contributed by atoms with Gasteiger partial charge in [0.15, 0.2) is 0 Å². The largest absolute Gasteiger partial charge is 0.493 e. The molecule has 3 N–H and O–H groups in total. The highest BCUT2D eigenvalue weighted by molar-refractivity contribution is 5.93. The number of carbonyl (C=O) groups is 3. The van der Waals surface area contributed by atoms with Crippen molar-refractivity contribution in [3.05, 3.63) is 77.6 Å². The maximum Gasteiger partial charge on any atom is 0.490 e. The number of ether oxygens (including phenoxy) is 2. The summed E-state index contributed by atoms with van der Waals surface area (Å²) in [4.78, 5) is 35.0. The van der Waals surface area contributed by atoms with E-state index in [4.69, 9.17) is 24.5 Å². The third-order valence-corrected chi connectivity index (χ3v) is 6.86. The molecule has 1 saturated heterocycles. The molecule has 1 aliphatic rings. The maximum absolute atomic E-state index is 13.5. The number of alkyl halides is 3. The second kappa shape index (κ2) is 15.9. The first-order chi connectivity index (χ1) is 21.3. The van der Waals surface area contributed by atoms with Crippen molar-refractivity contribution in [1.82, 2.24) is 4.90 Å². The molecule has 3 aromatic rings. The molecule has 0 aliphatic carbocycles. The number of aromatic carboxylic acids is 1. The predicted octanol–water partition coefficient (Wildman–Crippen LogP) is 6.47. The number of carbonyl (C=O) groups excluding carboxylic acids is 1. The van der Waals surface area contributed by atoms with Crippen LogP contribution in [-0.4, -0.2) is 65.4 Å². The monoisotopic (exact) mass is 634 g/mol. The van der Waals surface area contributed by atoms with E-state index >= 15 is 0 Å². The molecule has 1 heterocycles. The van der Waals surface area contributed by atoms with Crippen LogP contribution in [0.25, 0.3) is 11.1 Å². The van der Waals surface area contributed by atoms with Crippen LogP contribution < -0.4 is 14.8 Å². The van der Waals surface area contributed by atoms with Gasteiger partial charge in [-0.2, -0.15) is 13.2 Å². The van der Waals surface area contributed by atoms with E-state index in [1.807, 2.05) is 26.0 Å². The minimum absolute atomic E-state index is 0.0476. The smallest absolute Gasteiger partial charge is 0.490 e. The highest BCUT2D eigenvalue weighted by Crippen LogP contribution is 2.40. The van der Waals surface area contributed by atoms with Gasteiger partial charge in [-0.25, -0.2) is 14.0 Å². The Morgan fingerprint density at radius 2 is 1.40 bits per heavy atom. The van der Waals surface area contributed by atoms with Gasteiger partial charge in [0.1, 0.15) is 17.3 Å². The van der Waals surface area contributed by atoms with Crippen LogP contribution in [0.5, 0.6) is 11.5 Å². The van der Waals surface area contributed by atoms with Gasteiger partial charge in [0, 0.05) is 18.2 Å². The van der Waals surface area contributed by atoms with Crippen LogP contribution in [0, 0.1) is 11.7 Å². The molecule has 1 amide bonds. The lowest BCUT2D eigenvalue weighted by Crippen LogP contribution is -2.37. The van der Waals surface area contributed by atoms with Crippen LogP contribution in [0.3, 0.4) is 0 Å². The minimum atomic E-state index is -5.08. The van der Waals surface area contributed by atoms with Gasteiger partial charge >= 0.3 is 18.1 Å². The molecule has 45 heavy (non-hydrogen) atoms. The van der Waals surface area contributed by atoms with E-state index in [1.54, 1.807) is 24.3 Å². The van der Waals surface area contributed by atoms with Crippen molar-refractivity contribution in [2.45, 2.75) is 39.4 Å². The van der Waals surface area contributed by atoms with Crippen LogP contribution in [0.2, 0.25) is 0 Å². The van der Waals surface area contributed by atoms with Gasteiger partial charge in [0.2, 0.25) is 5.91 Å². The summed E-state index contributed by atoms with van der Waals surface area (Å²) in [5, 5.41) is 19.1. The van der Waals surface area contributed by atoms with Gasteiger partial charge in [-0.05, 0) is 99.4 Å². The van der Waals surface area contributed by atoms with Crippen molar-refractivity contribution in [2.24, 2.45) is 5.92 Å². The van der Waals surface area contributed by atoms with Gasteiger partial charge < -0.3 is 25.0 Å². The summed E-state index contributed by atoms with van der Waals surface area (Å²) < 4.78 is 57.2. The molecular formula is C32H34F4N2O7. The summed E-state index contributed by atoms with van der Waals surface area (Å²) in [5.41, 5.74) is 3.46. The number of rotatable bonds is 10. The molecule has 1 fully saturated rings. The van der Waals surface area contributed by atoms with E-state index in [0.29, 0.717) is 36.9 Å². The first kappa shape index (κ1) is 34.8. The molecule has 4 rings (SSSR count). The van der Waals surface area contributed by atoms with Crippen molar-refractivity contribution in [1.29, 1.82) is 0 Å². The number of carboxylic acid groups (broad SMARTS) is 2. The molecule has 1 aliphatic heterocycles. The Balaban J connectivity index is 0.000000707. The summed E-state index contributed by atoms with van der Waals surface area (Å²) in [7, 11) is 0. The molecule has 0 saturated carbocycles. The van der Waals surface area contributed by atoms with Gasteiger partial charge in [0.25, 0.3) is 0 Å². The van der Waals surface area contributed by atoms with E-state index in [2.05, 4.69) is 10.2 Å². The number of halogens is 4. The van der Waals surface area contributed by atoms with Gasteiger partial charge in [0.05, 0.1) is 24.3 Å². The number of likely N-dealkylation sites (tertiary alicyclic amines) is 1. The number of nitrogens with zero attached hydrogens (tertiary/aromatic N) is 1. The molecule has 13 heteroatoms. The van der Waals surface area contributed by atoms with Gasteiger partial charge in [-0.1, -0.05) is 12.1 Å². The van der Waals surface area contributed by atoms with E-state index in [-0.39, 0.29) is 23.2 Å². The van der Waals surface area contributed by atoms with Crippen molar-refractivity contribution in [3.63, 3.8) is 0 Å². The van der Waals surface area contributed by atoms with E-state index in [1.165, 1.54) is 24.3 Å². The van der Waals surface area contributed by atoms with Crippen molar-refractivity contribution in [2.75, 3.05) is 31.6 Å². The standard InChI is InChI=1S/C30H33FN2O5.C2HF3O2/c1-3-37-26-17-20(18-27(38-4-2)28(26)21-5-9-24(31)10-6-21)19-33-15-13-22(14-16-33)29(34)32-25-11-7-23(8-12-25)30(35)36;3-2(4,5)1(6)7/h5-12,17-18,22H,3-4,13-16,19H2,1-2H3,(H,32,34)(H,35,36);(H,6,7). The molecule has 3 aromatic carbocycles. The Hall–Kier alpha value is -4.65. The fourth-order valence-corrected chi connectivity index (χ4v) is 4.73.